The second-order valence-corrected chi connectivity index (χ2v) is 13.3. The van der Waals surface area contributed by atoms with Gasteiger partial charge < -0.3 is 10.2 Å². The number of sulfonamides is 1. The first-order chi connectivity index (χ1) is 19.5. The maximum absolute atomic E-state index is 13.9. The lowest BCUT2D eigenvalue weighted by molar-refractivity contribution is -0.141. The first kappa shape index (κ1) is 32.3. The summed E-state index contributed by atoms with van der Waals surface area (Å²) in [7, 11) is -3.55. The molecule has 0 fully saturated rings. The van der Waals surface area contributed by atoms with Crippen LogP contribution in [0, 0.1) is 6.92 Å². The molecule has 3 rings (SSSR count). The van der Waals surface area contributed by atoms with E-state index >= 15 is 0 Å². The number of rotatable bonds is 14. The lowest BCUT2D eigenvalue weighted by atomic mass is 10.0. The largest absolute Gasteiger partial charge is 0.352 e. The summed E-state index contributed by atoms with van der Waals surface area (Å²) in [6.45, 7) is 6.26. The number of benzene rings is 3. The summed E-state index contributed by atoms with van der Waals surface area (Å²) >= 11 is 3.51. The van der Waals surface area contributed by atoms with Crippen LogP contribution in [0.3, 0.4) is 0 Å². The van der Waals surface area contributed by atoms with Gasteiger partial charge in [-0.3, -0.25) is 13.9 Å². The van der Waals surface area contributed by atoms with Crippen LogP contribution >= 0.6 is 15.9 Å². The van der Waals surface area contributed by atoms with Gasteiger partial charge in [0, 0.05) is 36.4 Å². The number of halogens is 1. The molecule has 0 aliphatic rings. The number of hydrogen-bond acceptors (Lipinski definition) is 4. The van der Waals surface area contributed by atoms with Crippen molar-refractivity contribution in [3.8, 4) is 0 Å². The highest BCUT2D eigenvalue weighted by Crippen LogP contribution is 2.22. The Hall–Kier alpha value is -3.17. The van der Waals surface area contributed by atoms with Crippen molar-refractivity contribution in [2.45, 2.75) is 65.1 Å². The number of carbonyl (C=O) groups is 2. The van der Waals surface area contributed by atoms with Crippen LogP contribution in [0.2, 0.25) is 0 Å². The first-order valence-corrected chi connectivity index (χ1v) is 16.5. The third-order valence-corrected chi connectivity index (χ3v) is 8.64. The average Bonchev–Trinajstić information content (AvgIpc) is 2.92. The molecule has 0 spiro atoms. The number of nitrogens with zero attached hydrogens (tertiary/aromatic N) is 2. The van der Waals surface area contributed by atoms with Crippen LogP contribution in [0.1, 0.15) is 49.8 Å². The van der Waals surface area contributed by atoms with Gasteiger partial charge >= 0.3 is 0 Å². The maximum atomic E-state index is 13.9. The van der Waals surface area contributed by atoms with Gasteiger partial charge in [0.05, 0.1) is 11.9 Å². The molecule has 220 valence electrons. The molecule has 0 heterocycles. The van der Waals surface area contributed by atoms with Gasteiger partial charge in [-0.15, -0.1) is 0 Å². The maximum Gasteiger partial charge on any atom is 0.243 e. The molecule has 3 aromatic rings. The SMILES string of the molecule is CCC(C)NC(=O)C(Cc1ccccc1)N(Cc1cccc(Br)c1)C(=O)CCCN(c1cccc(C)c1)S(C)(=O)=O. The van der Waals surface area contributed by atoms with Gasteiger partial charge in [-0.1, -0.05) is 77.5 Å². The van der Waals surface area contributed by atoms with Crippen LogP contribution < -0.4 is 9.62 Å². The third kappa shape index (κ3) is 10.0. The van der Waals surface area contributed by atoms with Gasteiger partial charge in [0.25, 0.3) is 0 Å². The number of nitrogens with one attached hydrogen (secondary N) is 1. The van der Waals surface area contributed by atoms with E-state index in [9.17, 15) is 18.0 Å². The Bertz CT molecular complexity index is 1420. The fourth-order valence-corrected chi connectivity index (χ4v) is 6.02. The average molecular weight is 643 g/mol. The van der Waals surface area contributed by atoms with Crippen molar-refractivity contribution in [1.82, 2.24) is 10.2 Å². The summed E-state index contributed by atoms with van der Waals surface area (Å²) < 4.78 is 27.5. The van der Waals surface area contributed by atoms with E-state index in [0.29, 0.717) is 18.5 Å². The number of aryl methyl sites for hydroxylation is 1. The van der Waals surface area contributed by atoms with Gasteiger partial charge in [0.15, 0.2) is 0 Å². The van der Waals surface area contributed by atoms with Gasteiger partial charge in [-0.05, 0) is 67.6 Å². The predicted octanol–water partition coefficient (Wildman–Crippen LogP) is 5.86. The van der Waals surface area contributed by atoms with Crippen molar-refractivity contribution >= 4 is 43.5 Å². The summed E-state index contributed by atoms with van der Waals surface area (Å²) in [5.74, 6) is -0.410. The second kappa shape index (κ2) is 15.2. The molecular formula is C32H40BrN3O4S. The monoisotopic (exact) mass is 641 g/mol. The predicted molar refractivity (Wildman–Crippen MR) is 169 cm³/mol. The van der Waals surface area contributed by atoms with Crippen LogP contribution in [0.15, 0.2) is 83.3 Å². The smallest absolute Gasteiger partial charge is 0.243 e. The van der Waals surface area contributed by atoms with E-state index < -0.39 is 16.1 Å². The minimum Gasteiger partial charge on any atom is -0.352 e. The fraction of sp³-hybridized carbons (Fsp3) is 0.375. The molecule has 3 aromatic carbocycles. The van der Waals surface area contributed by atoms with Crippen molar-refractivity contribution in [2.75, 3.05) is 17.1 Å². The zero-order chi connectivity index (χ0) is 30.0. The van der Waals surface area contributed by atoms with E-state index in [2.05, 4.69) is 21.2 Å². The third-order valence-electron chi connectivity index (χ3n) is 6.96. The molecule has 0 aromatic heterocycles. The molecule has 0 radical (unpaired) electrons. The summed E-state index contributed by atoms with van der Waals surface area (Å²) in [6.07, 6.45) is 2.70. The van der Waals surface area contributed by atoms with E-state index in [-0.39, 0.29) is 37.4 Å². The normalized spacial score (nSPS) is 12.8. The van der Waals surface area contributed by atoms with E-state index in [1.165, 1.54) is 10.6 Å². The van der Waals surface area contributed by atoms with Crippen LogP contribution in [0.4, 0.5) is 5.69 Å². The molecule has 9 heteroatoms. The Morgan fingerprint density at radius 2 is 1.63 bits per heavy atom. The number of hydrogen-bond donors (Lipinski definition) is 1. The Labute approximate surface area is 253 Å². The molecule has 1 N–H and O–H groups in total. The molecule has 0 aliphatic carbocycles. The highest BCUT2D eigenvalue weighted by Gasteiger charge is 2.31. The molecular weight excluding hydrogens is 602 g/mol. The topological polar surface area (TPSA) is 86.8 Å². The Balaban J connectivity index is 1.89. The molecule has 2 amide bonds. The van der Waals surface area contributed by atoms with Crippen LogP contribution in [-0.4, -0.2) is 50.0 Å². The van der Waals surface area contributed by atoms with Crippen molar-refractivity contribution in [1.29, 1.82) is 0 Å². The van der Waals surface area contributed by atoms with Crippen LogP contribution in [0.25, 0.3) is 0 Å². The lowest BCUT2D eigenvalue weighted by Gasteiger charge is -2.33. The molecule has 7 nitrogen and oxygen atoms in total. The molecule has 0 saturated carbocycles. The highest BCUT2D eigenvalue weighted by molar-refractivity contribution is 9.10. The van der Waals surface area contributed by atoms with Crippen LogP contribution in [-0.2, 0) is 32.6 Å². The molecule has 0 bridgehead atoms. The quantitative estimate of drug-likeness (QED) is 0.239. The highest BCUT2D eigenvalue weighted by atomic mass is 79.9. The van der Waals surface area contributed by atoms with Crippen molar-refractivity contribution in [3.63, 3.8) is 0 Å². The van der Waals surface area contributed by atoms with E-state index in [1.54, 1.807) is 11.0 Å². The Morgan fingerprint density at radius 1 is 0.951 bits per heavy atom. The minimum atomic E-state index is -3.55. The molecule has 0 aliphatic heterocycles. The summed E-state index contributed by atoms with van der Waals surface area (Å²) in [5, 5.41) is 3.07. The van der Waals surface area contributed by atoms with Gasteiger partial charge in [0.1, 0.15) is 6.04 Å². The van der Waals surface area contributed by atoms with E-state index in [4.69, 9.17) is 0 Å². The van der Waals surface area contributed by atoms with E-state index in [0.717, 1.165) is 27.6 Å². The minimum absolute atomic E-state index is 0.0405. The van der Waals surface area contributed by atoms with Crippen molar-refractivity contribution in [3.05, 3.63) is 100 Å². The zero-order valence-corrected chi connectivity index (χ0v) is 26.6. The standard InChI is InChI=1S/C32H40BrN3O4S/c1-5-25(3)34-32(38)30(22-26-13-7-6-8-14-26)35(23-27-15-10-16-28(33)21-27)31(37)18-11-19-36(41(4,39)40)29-17-9-12-24(2)20-29/h6-10,12-17,20-21,25,30H,5,11,18-19,22-23H2,1-4H3,(H,34,38). The number of anilines is 1. The van der Waals surface area contributed by atoms with Gasteiger partial charge in [-0.2, -0.15) is 0 Å². The molecule has 2 atom stereocenters. The Kier molecular flexibility index (Phi) is 12.0. The Morgan fingerprint density at radius 3 is 2.27 bits per heavy atom. The van der Waals surface area contributed by atoms with Crippen LogP contribution in [0.5, 0.6) is 0 Å². The fourth-order valence-electron chi connectivity index (χ4n) is 4.61. The summed E-state index contributed by atoms with van der Waals surface area (Å²) in [5.41, 5.74) is 3.36. The van der Waals surface area contributed by atoms with Crippen molar-refractivity contribution < 1.29 is 18.0 Å². The van der Waals surface area contributed by atoms with E-state index in [1.807, 2.05) is 93.6 Å². The van der Waals surface area contributed by atoms with Gasteiger partial charge in [0.2, 0.25) is 21.8 Å². The first-order valence-electron chi connectivity index (χ1n) is 13.9. The summed E-state index contributed by atoms with van der Waals surface area (Å²) in [6, 6.07) is 23.9. The van der Waals surface area contributed by atoms with Crippen molar-refractivity contribution in [2.24, 2.45) is 0 Å². The molecule has 0 saturated heterocycles. The second-order valence-electron chi connectivity index (χ2n) is 10.5. The number of carbonyl (C=O) groups excluding carboxylic acids is 2. The zero-order valence-electron chi connectivity index (χ0n) is 24.2. The lowest BCUT2D eigenvalue weighted by Crippen LogP contribution is -2.52. The summed E-state index contributed by atoms with van der Waals surface area (Å²) in [4.78, 5) is 29.2. The molecule has 41 heavy (non-hydrogen) atoms. The number of amides is 2. The van der Waals surface area contributed by atoms with Gasteiger partial charge in [-0.25, -0.2) is 8.42 Å². The molecule has 2 unspecified atom stereocenters.